The number of amides is 1. The topological polar surface area (TPSA) is 114 Å². The van der Waals surface area contributed by atoms with Gasteiger partial charge in [0.2, 0.25) is 18.1 Å². The highest BCUT2D eigenvalue weighted by Crippen LogP contribution is 2.36. The first-order valence-corrected chi connectivity index (χ1v) is 13.3. The third-order valence-electron chi connectivity index (χ3n) is 6.54. The highest BCUT2D eigenvalue weighted by molar-refractivity contribution is 7.09. The Bertz CT molecular complexity index is 1410. The first kappa shape index (κ1) is 24.7. The van der Waals surface area contributed by atoms with Gasteiger partial charge >= 0.3 is 0 Å². The van der Waals surface area contributed by atoms with Crippen molar-refractivity contribution in [2.75, 3.05) is 18.5 Å². The molecule has 196 valence electrons. The lowest BCUT2D eigenvalue weighted by Gasteiger charge is -2.35. The van der Waals surface area contributed by atoms with Gasteiger partial charge in [-0.3, -0.25) is 4.79 Å². The van der Waals surface area contributed by atoms with Gasteiger partial charge in [-0.1, -0.05) is 6.07 Å². The number of anilines is 1. The Kier molecular flexibility index (Phi) is 6.64. The lowest BCUT2D eigenvalue weighted by molar-refractivity contribution is -0.231. The molecule has 2 fully saturated rings. The third-order valence-corrected chi connectivity index (χ3v) is 7.42. The molecule has 0 bridgehead atoms. The van der Waals surface area contributed by atoms with Gasteiger partial charge in [-0.05, 0) is 61.5 Å². The molecule has 11 heteroatoms. The first-order chi connectivity index (χ1) is 18.5. The number of carbonyl (C=O) groups is 1. The number of nitrogens with zero attached hydrogens (tertiary/aromatic N) is 3. The maximum Gasteiger partial charge on any atom is 0.230 e. The van der Waals surface area contributed by atoms with Crippen LogP contribution in [-0.2, 0) is 20.8 Å². The van der Waals surface area contributed by atoms with Crippen molar-refractivity contribution in [3.8, 4) is 22.6 Å². The van der Waals surface area contributed by atoms with Crippen LogP contribution in [0.5, 0.6) is 0 Å². The Balaban J connectivity index is 1.26. The SMILES string of the molecule is CC1(C(=O)NC2CC2)COC(c2nc(-c3ccc(F)cc3)c(-c3ccnc(NCc4cccs4)n3)[nH]2)OC1. The minimum Gasteiger partial charge on any atom is -0.353 e. The number of aromatic nitrogens is 4. The number of hydrogen-bond acceptors (Lipinski definition) is 8. The van der Waals surface area contributed by atoms with E-state index in [-0.39, 0.29) is 31.0 Å². The second-order valence-corrected chi connectivity index (χ2v) is 10.8. The van der Waals surface area contributed by atoms with E-state index in [2.05, 4.69) is 25.6 Å². The maximum absolute atomic E-state index is 13.7. The monoisotopic (exact) mass is 534 g/mol. The Morgan fingerprint density at radius 1 is 1.16 bits per heavy atom. The molecule has 1 aliphatic carbocycles. The molecule has 9 nitrogen and oxygen atoms in total. The van der Waals surface area contributed by atoms with Crippen molar-refractivity contribution in [1.29, 1.82) is 0 Å². The molecule has 0 atom stereocenters. The normalized spacial score (nSPS) is 21.3. The Morgan fingerprint density at radius 3 is 2.66 bits per heavy atom. The number of aromatic amines is 1. The fourth-order valence-electron chi connectivity index (χ4n) is 4.15. The predicted octanol–water partition coefficient (Wildman–Crippen LogP) is 4.68. The Morgan fingerprint density at radius 2 is 1.95 bits per heavy atom. The standard InChI is InChI=1S/C27H27FN6O3S/c1-27(25(35)31-18-8-9-18)14-36-24(37-15-27)23-33-21(16-4-6-17(28)7-5-16)22(34-23)20-10-11-29-26(32-20)30-13-19-3-2-12-38-19/h2-7,10-12,18,24H,8-9,13-15H2,1H3,(H,31,35)(H,33,34)(H,29,30,32). The number of halogens is 1. The van der Waals surface area contributed by atoms with Crippen molar-refractivity contribution in [3.63, 3.8) is 0 Å². The zero-order chi connectivity index (χ0) is 26.1. The zero-order valence-electron chi connectivity index (χ0n) is 20.7. The van der Waals surface area contributed by atoms with Gasteiger partial charge in [0.1, 0.15) is 5.82 Å². The second-order valence-electron chi connectivity index (χ2n) is 9.81. The summed E-state index contributed by atoms with van der Waals surface area (Å²) < 4.78 is 25.6. The molecule has 1 aliphatic heterocycles. The highest BCUT2D eigenvalue weighted by atomic mass is 32.1. The summed E-state index contributed by atoms with van der Waals surface area (Å²) in [5.74, 6) is 0.514. The molecule has 2 aliphatic rings. The number of rotatable bonds is 8. The summed E-state index contributed by atoms with van der Waals surface area (Å²) in [4.78, 5) is 31.0. The molecule has 38 heavy (non-hydrogen) atoms. The van der Waals surface area contributed by atoms with Crippen LogP contribution in [0.15, 0.2) is 54.0 Å². The minimum absolute atomic E-state index is 0.0610. The molecule has 4 aromatic rings. The van der Waals surface area contributed by atoms with E-state index >= 15 is 0 Å². The van der Waals surface area contributed by atoms with E-state index in [9.17, 15) is 9.18 Å². The summed E-state index contributed by atoms with van der Waals surface area (Å²) in [6.07, 6.45) is 2.91. The smallest absolute Gasteiger partial charge is 0.230 e. The van der Waals surface area contributed by atoms with Crippen LogP contribution in [0, 0.1) is 11.2 Å². The Labute approximate surface area is 222 Å². The number of carbonyl (C=O) groups excluding carboxylic acids is 1. The fraction of sp³-hybridized carbons (Fsp3) is 0.333. The number of hydrogen-bond donors (Lipinski definition) is 3. The maximum atomic E-state index is 13.7. The number of thiophene rings is 1. The number of nitrogens with one attached hydrogen (secondary N) is 3. The van der Waals surface area contributed by atoms with Gasteiger partial charge in [0.15, 0.2) is 5.82 Å². The van der Waals surface area contributed by atoms with E-state index in [1.54, 1.807) is 35.7 Å². The zero-order valence-corrected chi connectivity index (χ0v) is 21.6. The average molecular weight is 535 g/mol. The fourth-order valence-corrected chi connectivity index (χ4v) is 4.80. The van der Waals surface area contributed by atoms with Crippen molar-refractivity contribution >= 4 is 23.2 Å². The van der Waals surface area contributed by atoms with Gasteiger partial charge in [0.05, 0.1) is 42.3 Å². The lowest BCUT2D eigenvalue weighted by atomic mass is 9.91. The lowest BCUT2D eigenvalue weighted by Crippen LogP contribution is -2.49. The third kappa shape index (κ3) is 5.31. The number of imidazole rings is 1. The van der Waals surface area contributed by atoms with Crippen LogP contribution in [0.3, 0.4) is 0 Å². The number of benzene rings is 1. The molecule has 3 aromatic heterocycles. The molecule has 3 N–H and O–H groups in total. The summed E-state index contributed by atoms with van der Waals surface area (Å²) in [7, 11) is 0. The molecule has 0 unspecified atom stereocenters. The molecule has 0 radical (unpaired) electrons. The van der Waals surface area contributed by atoms with E-state index in [4.69, 9.17) is 14.5 Å². The molecule has 1 aromatic carbocycles. The molecular formula is C27H27FN6O3S. The van der Waals surface area contributed by atoms with Gasteiger partial charge in [-0.25, -0.2) is 19.3 Å². The van der Waals surface area contributed by atoms with Crippen LogP contribution in [0.4, 0.5) is 10.3 Å². The van der Waals surface area contributed by atoms with Crippen LogP contribution in [0.2, 0.25) is 0 Å². The molecule has 4 heterocycles. The van der Waals surface area contributed by atoms with Gasteiger partial charge in [-0.15, -0.1) is 11.3 Å². The highest BCUT2D eigenvalue weighted by Gasteiger charge is 2.42. The quantitative estimate of drug-likeness (QED) is 0.301. The van der Waals surface area contributed by atoms with Crippen LogP contribution < -0.4 is 10.6 Å². The van der Waals surface area contributed by atoms with Gasteiger partial charge < -0.3 is 25.1 Å². The molecule has 6 rings (SSSR count). The number of H-pyrrole nitrogens is 1. The van der Waals surface area contributed by atoms with Gasteiger partial charge in [0.25, 0.3) is 0 Å². The van der Waals surface area contributed by atoms with E-state index < -0.39 is 11.7 Å². The van der Waals surface area contributed by atoms with Crippen molar-refractivity contribution in [3.05, 3.63) is 70.6 Å². The van der Waals surface area contributed by atoms with E-state index in [0.29, 0.717) is 41.0 Å². The Hall–Kier alpha value is -3.67. The van der Waals surface area contributed by atoms with Crippen LogP contribution in [0.1, 0.15) is 36.8 Å². The summed E-state index contributed by atoms with van der Waals surface area (Å²) in [5, 5.41) is 8.30. The van der Waals surface area contributed by atoms with Crippen molar-refractivity contribution in [2.24, 2.45) is 5.41 Å². The van der Waals surface area contributed by atoms with Crippen molar-refractivity contribution < 1.29 is 18.7 Å². The van der Waals surface area contributed by atoms with Crippen LogP contribution in [0.25, 0.3) is 22.6 Å². The summed E-state index contributed by atoms with van der Waals surface area (Å²) in [6.45, 7) is 2.84. The molecule has 1 amide bonds. The summed E-state index contributed by atoms with van der Waals surface area (Å²) in [6, 6.07) is 12.2. The van der Waals surface area contributed by atoms with E-state index in [1.807, 2.05) is 24.4 Å². The van der Waals surface area contributed by atoms with Crippen molar-refractivity contribution in [2.45, 2.75) is 38.6 Å². The first-order valence-electron chi connectivity index (χ1n) is 12.5. The average Bonchev–Trinajstić information content (AvgIpc) is 3.40. The van der Waals surface area contributed by atoms with Gasteiger partial charge in [0, 0.05) is 22.7 Å². The molecule has 1 saturated carbocycles. The van der Waals surface area contributed by atoms with Crippen LogP contribution in [-0.4, -0.2) is 45.1 Å². The largest absolute Gasteiger partial charge is 0.353 e. The number of ether oxygens (including phenoxy) is 2. The summed E-state index contributed by atoms with van der Waals surface area (Å²) >= 11 is 1.65. The second kappa shape index (κ2) is 10.2. The van der Waals surface area contributed by atoms with E-state index in [0.717, 1.165) is 12.8 Å². The van der Waals surface area contributed by atoms with Crippen molar-refractivity contribution in [1.82, 2.24) is 25.3 Å². The molecule has 1 saturated heterocycles. The molecular weight excluding hydrogens is 507 g/mol. The predicted molar refractivity (Wildman–Crippen MR) is 141 cm³/mol. The van der Waals surface area contributed by atoms with Gasteiger partial charge in [-0.2, -0.15) is 0 Å². The molecule has 0 spiro atoms. The minimum atomic E-state index is -0.789. The summed E-state index contributed by atoms with van der Waals surface area (Å²) in [5.41, 5.74) is 1.75. The van der Waals surface area contributed by atoms with E-state index in [1.165, 1.54) is 17.0 Å². The van der Waals surface area contributed by atoms with Crippen LogP contribution >= 0.6 is 11.3 Å².